The second-order valence-corrected chi connectivity index (χ2v) is 5.41. The highest BCUT2D eigenvalue weighted by atomic mass is 16.3. The zero-order chi connectivity index (χ0) is 14.8. The van der Waals surface area contributed by atoms with Crippen LogP contribution in [0.3, 0.4) is 0 Å². The molecule has 1 rings (SSSR count). The first-order valence-corrected chi connectivity index (χ1v) is 7.82. The van der Waals surface area contributed by atoms with Gasteiger partial charge in [-0.1, -0.05) is 51.1 Å². The lowest BCUT2D eigenvalue weighted by Crippen LogP contribution is -2.39. The molecule has 1 aromatic carbocycles. The molecule has 0 spiro atoms. The molecular formula is C17H30N2O. The SMILES string of the molecule is CCN(CC)CCNC(CO)CC(C)c1ccccc1. The molecule has 1 aromatic rings. The van der Waals surface area contributed by atoms with Crippen LogP contribution >= 0.6 is 0 Å². The van der Waals surface area contributed by atoms with E-state index < -0.39 is 0 Å². The third-order valence-corrected chi connectivity index (χ3v) is 3.98. The van der Waals surface area contributed by atoms with Crippen molar-refractivity contribution in [3.05, 3.63) is 35.9 Å². The van der Waals surface area contributed by atoms with E-state index in [1.807, 2.05) is 6.07 Å². The fraction of sp³-hybridized carbons (Fsp3) is 0.647. The van der Waals surface area contributed by atoms with Gasteiger partial charge in [-0.3, -0.25) is 0 Å². The zero-order valence-electron chi connectivity index (χ0n) is 13.2. The van der Waals surface area contributed by atoms with Crippen LogP contribution < -0.4 is 5.32 Å². The van der Waals surface area contributed by atoms with Crippen LogP contribution in [0.5, 0.6) is 0 Å². The van der Waals surface area contributed by atoms with E-state index in [0.717, 1.165) is 32.6 Å². The van der Waals surface area contributed by atoms with Gasteiger partial charge in [0.05, 0.1) is 6.61 Å². The normalized spacial score (nSPS) is 14.4. The molecule has 0 aliphatic carbocycles. The van der Waals surface area contributed by atoms with Gasteiger partial charge in [0.1, 0.15) is 0 Å². The van der Waals surface area contributed by atoms with Gasteiger partial charge in [0.15, 0.2) is 0 Å². The predicted molar refractivity (Wildman–Crippen MR) is 86.1 cm³/mol. The number of rotatable bonds is 10. The van der Waals surface area contributed by atoms with E-state index in [1.165, 1.54) is 5.56 Å². The molecule has 3 heteroatoms. The quantitative estimate of drug-likeness (QED) is 0.690. The first-order valence-electron chi connectivity index (χ1n) is 7.82. The molecule has 0 saturated carbocycles. The molecule has 2 atom stereocenters. The standard InChI is InChI=1S/C17H30N2O/c1-4-19(5-2)12-11-18-17(14-20)13-15(3)16-9-7-6-8-10-16/h6-10,15,17-18,20H,4-5,11-14H2,1-3H3. The largest absolute Gasteiger partial charge is 0.395 e. The Morgan fingerprint density at radius 2 is 1.80 bits per heavy atom. The summed E-state index contributed by atoms with van der Waals surface area (Å²) < 4.78 is 0. The van der Waals surface area contributed by atoms with Crippen LogP contribution in [0.15, 0.2) is 30.3 Å². The smallest absolute Gasteiger partial charge is 0.0584 e. The summed E-state index contributed by atoms with van der Waals surface area (Å²) in [6.45, 7) is 11.0. The van der Waals surface area contributed by atoms with Crippen molar-refractivity contribution in [1.82, 2.24) is 10.2 Å². The first-order chi connectivity index (χ1) is 9.71. The molecule has 0 aliphatic rings. The zero-order valence-corrected chi connectivity index (χ0v) is 13.2. The number of likely N-dealkylation sites (N-methyl/N-ethyl adjacent to an activating group) is 1. The van der Waals surface area contributed by atoms with E-state index in [4.69, 9.17) is 0 Å². The Morgan fingerprint density at radius 1 is 1.15 bits per heavy atom. The molecular weight excluding hydrogens is 248 g/mol. The maximum absolute atomic E-state index is 9.53. The average molecular weight is 278 g/mol. The number of aliphatic hydroxyl groups excluding tert-OH is 1. The molecule has 20 heavy (non-hydrogen) atoms. The summed E-state index contributed by atoms with van der Waals surface area (Å²) in [5, 5.41) is 13.0. The highest BCUT2D eigenvalue weighted by Gasteiger charge is 2.13. The van der Waals surface area contributed by atoms with Crippen molar-refractivity contribution in [1.29, 1.82) is 0 Å². The summed E-state index contributed by atoms with van der Waals surface area (Å²) in [5.74, 6) is 0.467. The number of hydrogen-bond donors (Lipinski definition) is 2. The maximum Gasteiger partial charge on any atom is 0.0584 e. The Kier molecular flexibility index (Phi) is 8.51. The van der Waals surface area contributed by atoms with Crippen LogP contribution in [0.25, 0.3) is 0 Å². The summed E-state index contributed by atoms with van der Waals surface area (Å²) in [6, 6.07) is 10.7. The van der Waals surface area contributed by atoms with Crippen molar-refractivity contribution in [2.45, 2.75) is 39.2 Å². The van der Waals surface area contributed by atoms with Crippen LogP contribution in [0.4, 0.5) is 0 Å². The highest BCUT2D eigenvalue weighted by molar-refractivity contribution is 5.18. The molecule has 0 radical (unpaired) electrons. The number of hydrogen-bond acceptors (Lipinski definition) is 3. The Morgan fingerprint density at radius 3 is 2.35 bits per heavy atom. The lowest BCUT2D eigenvalue weighted by atomic mass is 9.94. The van der Waals surface area contributed by atoms with E-state index >= 15 is 0 Å². The molecule has 0 fully saturated rings. The number of benzene rings is 1. The Bertz CT molecular complexity index is 338. The summed E-state index contributed by atoms with van der Waals surface area (Å²) in [5.41, 5.74) is 1.34. The van der Waals surface area contributed by atoms with Gasteiger partial charge in [0.25, 0.3) is 0 Å². The van der Waals surface area contributed by atoms with Gasteiger partial charge in [-0.05, 0) is 31.0 Å². The minimum Gasteiger partial charge on any atom is -0.395 e. The van der Waals surface area contributed by atoms with Gasteiger partial charge in [0, 0.05) is 19.1 Å². The Balaban J connectivity index is 2.35. The van der Waals surface area contributed by atoms with Crippen molar-refractivity contribution in [2.24, 2.45) is 0 Å². The van der Waals surface area contributed by atoms with Gasteiger partial charge in [-0.2, -0.15) is 0 Å². The topological polar surface area (TPSA) is 35.5 Å². The predicted octanol–water partition coefficient (Wildman–Crippen LogP) is 2.47. The summed E-state index contributed by atoms with van der Waals surface area (Å²) >= 11 is 0. The van der Waals surface area contributed by atoms with Crippen molar-refractivity contribution in [3.8, 4) is 0 Å². The van der Waals surface area contributed by atoms with E-state index in [-0.39, 0.29) is 12.6 Å². The van der Waals surface area contributed by atoms with Gasteiger partial charge in [0.2, 0.25) is 0 Å². The summed E-state index contributed by atoms with van der Waals surface area (Å²) in [4.78, 5) is 2.39. The minimum absolute atomic E-state index is 0.181. The van der Waals surface area contributed by atoms with Gasteiger partial charge in [-0.15, -0.1) is 0 Å². The van der Waals surface area contributed by atoms with Crippen molar-refractivity contribution in [3.63, 3.8) is 0 Å². The van der Waals surface area contributed by atoms with Gasteiger partial charge >= 0.3 is 0 Å². The average Bonchev–Trinajstić information content (AvgIpc) is 2.51. The monoisotopic (exact) mass is 278 g/mol. The lowest BCUT2D eigenvalue weighted by molar-refractivity contribution is 0.221. The summed E-state index contributed by atoms with van der Waals surface area (Å²) in [7, 11) is 0. The summed E-state index contributed by atoms with van der Waals surface area (Å²) in [6.07, 6.45) is 0.971. The fourth-order valence-electron chi connectivity index (χ4n) is 2.53. The Hall–Kier alpha value is -0.900. The van der Waals surface area contributed by atoms with Crippen LogP contribution in [0.2, 0.25) is 0 Å². The van der Waals surface area contributed by atoms with Crippen LogP contribution in [0.1, 0.15) is 38.7 Å². The van der Waals surface area contributed by atoms with E-state index in [0.29, 0.717) is 5.92 Å². The van der Waals surface area contributed by atoms with Crippen molar-refractivity contribution in [2.75, 3.05) is 32.8 Å². The third-order valence-electron chi connectivity index (χ3n) is 3.98. The van der Waals surface area contributed by atoms with Crippen molar-refractivity contribution >= 4 is 0 Å². The molecule has 2 unspecified atom stereocenters. The number of nitrogens with one attached hydrogen (secondary N) is 1. The molecule has 3 nitrogen and oxygen atoms in total. The lowest BCUT2D eigenvalue weighted by Gasteiger charge is -2.23. The number of nitrogens with zero attached hydrogens (tertiary/aromatic N) is 1. The molecule has 0 amide bonds. The fourth-order valence-corrected chi connectivity index (χ4v) is 2.53. The second-order valence-electron chi connectivity index (χ2n) is 5.41. The molecule has 0 bridgehead atoms. The second kappa shape index (κ2) is 9.92. The Labute approximate surface area is 124 Å². The van der Waals surface area contributed by atoms with E-state index in [2.05, 4.69) is 55.3 Å². The first kappa shape index (κ1) is 17.2. The molecule has 0 aliphatic heterocycles. The molecule has 2 N–H and O–H groups in total. The van der Waals surface area contributed by atoms with Gasteiger partial charge in [-0.25, -0.2) is 0 Å². The third kappa shape index (κ3) is 6.04. The van der Waals surface area contributed by atoms with Crippen LogP contribution in [0, 0.1) is 0 Å². The maximum atomic E-state index is 9.53. The van der Waals surface area contributed by atoms with Crippen LogP contribution in [-0.2, 0) is 0 Å². The van der Waals surface area contributed by atoms with Gasteiger partial charge < -0.3 is 15.3 Å². The molecule has 0 saturated heterocycles. The molecule has 0 heterocycles. The van der Waals surface area contributed by atoms with E-state index in [1.54, 1.807) is 0 Å². The molecule has 0 aromatic heterocycles. The van der Waals surface area contributed by atoms with Crippen molar-refractivity contribution < 1.29 is 5.11 Å². The van der Waals surface area contributed by atoms with Crippen LogP contribution in [-0.4, -0.2) is 48.8 Å². The minimum atomic E-state index is 0.181. The van der Waals surface area contributed by atoms with E-state index in [9.17, 15) is 5.11 Å². The number of aliphatic hydroxyl groups is 1. The molecule has 114 valence electrons. The highest BCUT2D eigenvalue weighted by Crippen LogP contribution is 2.19.